The third-order valence-electron chi connectivity index (χ3n) is 3.57. The molecule has 0 saturated carbocycles. The molecule has 0 atom stereocenters. The second-order valence-electron chi connectivity index (χ2n) is 5.90. The summed E-state index contributed by atoms with van der Waals surface area (Å²) in [5, 5.41) is 2.60. The van der Waals surface area contributed by atoms with Crippen LogP contribution in [0.3, 0.4) is 0 Å². The summed E-state index contributed by atoms with van der Waals surface area (Å²) in [6, 6.07) is 16.9. The molecular weight excluding hydrogens is 383 g/mol. The van der Waals surface area contributed by atoms with Crippen LogP contribution in [0.15, 0.2) is 79.2 Å². The summed E-state index contributed by atoms with van der Waals surface area (Å²) in [6.07, 6.45) is 13.4. The Morgan fingerprint density at radius 3 is 2.25 bits per heavy atom. The molecule has 24 heavy (non-hydrogen) atoms. The summed E-state index contributed by atoms with van der Waals surface area (Å²) in [5.74, 6) is 0. The van der Waals surface area contributed by atoms with Crippen molar-refractivity contribution < 1.29 is 29.7 Å². The first-order valence-electron chi connectivity index (χ1n) is 7.59. The van der Waals surface area contributed by atoms with Gasteiger partial charge >= 0.3 is 29.7 Å². The van der Waals surface area contributed by atoms with Gasteiger partial charge in [0.05, 0.1) is 0 Å². The molecule has 1 aliphatic rings. The molecule has 0 bridgehead atoms. The molecule has 0 spiro atoms. The van der Waals surface area contributed by atoms with Crippen LogP contribution in [0.5, 0.6) is 0 Å². The largest absolute Gasteiger partial charge is 0.342 e. The Bertz CT molecular complexity index is 751. The van der Waals surface area contributed by atoms with Crippen LogP contribution in [0.1, 0.15) is 13.8 Å². The fraction of sp³-hybridized carbons (Fsp3) is 0.150. The Kier molecular flexibility index (Phi) is 6.99. The Morgan fingerprint density at radius 1 is 1.08 bits per heavy atom. The number of hydrogen-bond acceptors (Lipinski definition) is 0. The number of halogens is 2. The van der Waals surface area contributed by atoms with E-state index in [0.717, 1.165) is 0 Å². The SMILES string of the molecule is CC1(C)[C-]=CC=C1.[F][Zr+2][F].c1ccc2[cH-]c(-n3cccc3)cc2c1. The summed E-state index contributed by atoms with van der Waals surface area (Å²) in [4.78, 5) is 0. The molecule has 2 aromatic carbocycles. The quantitative estimate of drug-likeness (QED) is 0.432. The van der Waals surface area contributed by atoms with E-state index in [2.05, 4.69) is 79.4 Å². The summed E-state index contributed by atoms with van der Waals surface area (Å²) in [7, 11) is 0. The topological polar surface area (TPSA) is 4.93 Å². The van der Waals surface area contributed by atoms with Crippen LogP contribution in [0, 0.1) is 11.5 Å². The maximum Gasteiger partial charge on any atom is 0.00705 e. The van der Waals surface area contributed by atoms with Crippen molar-refractivity contribution in [1.29, 1.82) is 0 Å². The maximum absolute atomic E-state index is 9.80. The molecule has 0 saturated heterocycles. The van der Waals surface area contributed by atoms with Crippen molar-refractivity contribution in [2.45, 2.75) is 13.8 Å². The van der Waals surface area contributed by atoms with Gasteiger partial charge in [0.2, 0.25) is 0 Å². The van der Waals surface area contributed by atoms with Crippen molar-refractivity contribution in [3.8, 4) is 5.69 Å². The van der Waals surface area contributed by atoms with E-state index in [-0.39, 0.29) is 5.41 Å². The number of rotatable bonds is 1. The van der Waals surface area contributed by atoms with Crippen molar-refractivity contribution in [1.82, 2.24) is 4.57 Å². The molecule has 1 heterocycles. The fourth-order valence-electron chi connectivity index (χ4n) is 2.39. The molecule has 122 valence electrons. The number of allylic oxidation sites excluding steroid dienone is 4. The number of hydrogen-bond donors (Lipinski definition) is 0. The molecule has 4 rings (SSSR count). The predicted molar refractivity (Wildman–Crippen MR) is 91.8 cm³/mol. The molecule has 0 radical (unpaired) electrons. The van der Waals surface area contributed by atoms with Crippen molar-refractivity contribution in [3.63, 3.8) is 0 Å². The zero-order valence-electron chi connectivity index (χ0n) is 13.7. The standard InChI is InChI=1S/C13H10N.C7H9.2FH.Zr/c1-2-6-12-10-13(9-11(12)5-1)14-7-3-4-8-14;1-7(2)5-3-4-6-7;;;/h1-10H;3-5H,1-2H3;2*1H;/q2*-1;;;+4/p-2. The molecule has 1 aliphatic carbocycles. The van der Waals surface area contributed by atoms with Crippen molar-refractivity contribution >= 4 is 10.8 Å². The normalized spacial score (nSPS) is 13.7. The molecule has 4 heteroatoms. The van der Waals surface area contributed by atoms with Gasteiger partial charge in [-0.2, -0.15) is 6.08 Å². The van der Waals surface area contributed by atoms with Gasteiger partial charge in [-0.25, -0.2) is 12.2 Å². The second-order valence-corrected chi connectivity index (χ2v) is 6.25. The van der Waals surface area contributed by atoms with E-state index in [9.17, 15) is 5.25 Å². The van der Waals surface area contributed by atoms with Gasteiger partial charge in [-0.05, 0) is 17.8 Å². The molecule has 0 unspecified atom stereocenters. The maximum atomic E-state index is 9.80. The Hall–Kier alpha value is -1.67. The number of nitrogens with zero attached hydrogens (tertiary/aromatic N) is 1. The Balaban J connectivity index is 0.000000176. The third kappa shape index (κ3) is 5.45. The summed E-state index contributed by atoms with van der Waals surface area (Å²) < 4.78 is 21.7. The van der Waals surface area contributed by atoms with Gasteiger partial charge in [0.25, 0.3) is 0 Å². The molecule has 0 fully saturated rings. The van der Waals surface area contributed by atoms with Crippen LogP contribution in [0.4, 0.5) is 5.25 Å². The second kappa shape index (κ2) is 8.98. The van der Waals surface area contributed by atoms with Gasteiger partial charge < -0.3 is 4.57 Å². The van der Waals surface area contributed by atoms with Crippen molar-refractivity contribution in [2.24, 2.45) is 5.41 Å². The monoisotopic (exact) mass is 401 g/mol. The van der Waals surface area contributed by atoms with Gasteiger partial charge in [-0.1, -0.05) is 25.3 Å². The van der Waals surface area contributed by atoms with Crippen molar-refractivity contribution in [3.05, 3.63) is 85.2 Å². The van der Waals surface area contributed by atoms with Gasteiger partial charge in [-0.3, -0.25) is 6.08 Å². The predicted octanol–water partition coefficient (Wildman–Crippen LogP) is 6.13. The molecule has 1 nitrogen and oxygen atoms in total. The van der Waals surface area contributed by atoms with Gasteiger partial charge in [0.15, 0.2) is 0 Å². The Morgan fingerprint density at radius 2 is 1.75 bits per heavy atom. The van der Waals surface area contributed by atoms with E-state index >= 15 is 0 Å². The van der Waals surface area contributed by atoms with Gasteiger partial charge in [-0.15, -0.1) is 41.1 Å². The Labute approximate surface area is 155 Å². The average Bonchev–Trinajstić information content (AvgIpc) is 3.27. The van der Waals surface area contributed by atoms with Gasteiger partial charge in [0, 0.05) is 12.4 Å². The molecule has 0 N–H and O–H groups in total. The van der Waals surface area contributed by atoms with E-state index in [0.29, 0.717) is 0 Å². The first-order chi connectivity index (χ1) is 11.6. The van der Waals surface area contributed by atoms with E-state index in [1.54, 1.807) is 0 Å². The summed E-state index contributed by atoms with van der Waals surface area (Å²) in [6.45, 7) is 4.26. The molecule has 0 amide bonds. The first kappa shape index (κ1) is 18.7. The minimum Gasteiger partial charge on any atom is -0.342 e. The van der Waals surface area contributed by atoms with E-state index in [4.69, 9.17) is 0 Å². The summed E-state index contributed by atoms with van der Waals surface area (Å²) >= 11 is -2.77. The molecule has 0 aliphatic heterocycles. The van der Waals surface area contributed by atoms with Crippen LogP contribution in [-0.4, -0.2) is 4.57 Å². The fourth-order valence-corrected chi connectivity index (χ4v) is 2.39. The van der Waals surface area contributed by atoms with Crippen LogP contribution < -0.4 is 0 Å². The summed E-state index contributed by atoms with van der Waals surface area (Å²) in [5.41, 5.74) is 1.44. The minimum absolute atomic E-state index is 0.208. The number of benzene rings is 1. The molecule has 3 aromatic rings. The van der Waals surface area contributed by atoms with Crippen LogP contribution in [-0.2, 0) is 24.5 Å². The smallest absolute Gasteiger partial charge is 0.00705 e. The minimum atomic E-state index is -2.77. The first-order valence-corrected chi connectivity index (χ1v) is 9.45. The van der Waals surface area contributed by atoms with E-state index in [1.807, 2.05) is 24.3 Å². The van der Waals surface area contributed by atoms with E-state index < -0.39 is 24.5 Å². The van der Waals surface area contributed by atoms with Gasteiger partial charge in [0.1, 0.15) is 0 Å². The third-order valence-corrected chi connectivity index (χ3v) is 3.57. The van der Waals surface area contributed by atoms with Crippen molar-refractivity contribution in [2.75, 3.05) is 0 Å². The van der Waals surface area contributed by atoms with Crippen LogP contribution >= 0.6 is 0 Å². The number of aromatic nitrogens is 1. The van der Waals surface area contributed by atoms with E-state index in [1.165, 1.54) is 16.5 Å². The average molecular weight is 403 g/mol. The zero-order chi connectivity index (χ0) is 17.4. The van der Waals surface area contributed by atoms with Crippen LogP contribution in [0.2, 0.25) is 0 Å². The number of fused-ring (bicyclic) bond motifs is 1. The zero-order valence-corrected chi connectivity index (χ0v) is 16.2. The van der Waals surface area contributed by atoms with Crippen LogP contribution in [0.25, 0.3) is 16.5 Å². The molecular formula is C20H19F2NZr. The molecule has 1 aromatic heterocycles.